The van der Waals surface area contributed by atoms with Crippen LogP contribution in [0.1, 0.15) is 44.4 Å². The molecule has 1 heterocycles. The van der Waals surface area contributed by atoms with Crippen molar-refractivity contribution in [3.8, 4) is 0 Å². The van der Waals surface area contributed by atoms with Crippen LogP contribution in [-0.2, 0) is 16.0 Å². The van der Waals surface area contributed by atoms with Crippen LogP contribution in [0.15, 0.2) is 12.1 Å². The molecule has 2 unspecified atom stereocenters. The molecule has 0 aromatic carbocycles. The van der Waals surface area contributed by atoms with Crippen LogP contribution in [0.5, 0.6) is 0 Å². The Bertz CT molecular complexity index is 420. The summed E-state index contributed by atoms with van der Waals surface area (Å²) in [6.07, 6.45) is 0.936. The van der Waals surface area contributed by atoms with Gasteiger partial charge >= 0.3 is 5.97 Å². The molecule has 0 radical (unpaired) electrons. The lowest BCUT2D eigenvalue weighted by atomic mass is 10.1. The largest absolute Gasteiger partial charge is 0.459 e. The first-order chi connectivity index (χ1) is 8.67. The second-order valence-electron chi connectivity index (χ2n) is 6.04. The first-order valence-corrected chi connectivity index (χ1v) is 7.53. The molecule has 0 amide bonds. The van der Waals surface area contributed by atoms with Gasteiger partial charge in [0.05, 0.1) is 0 Å². The molecule has 0 fully saturated rings. The first-order valence-electron chi connectivity index (χ1n) is 6.71. The van der Waals surface area contributed by atoms with Gasteiger partial charge in [-0.05, 0) is 60.1 Å². The minimum atomic E-state index is -0.429. The molecule has 2 atom stereocenters. The van der Waals surface area contributed by atoms with E-state index in [-0.39, 0.29) is 18.1 Å². The Morgan fingerprint density at radius 1 is 1.37 bits per heavy atom. The molecule has 1 aromatic heterocycles. The van der Waals surface area contributed by atoms with Gasteiger partial charge in [0.2, 0.25) is 0 Å². The zero-order chi connectivity index (χ0) is 14.6. The molecule has 0 bridgehead atoms. The fraction of sp³-hybridized carbons (Fsp3) is 0.667. The molecule has 0 saturated heterocycles. The van der Waals surface area contributed by atoms with Crippen molar-refractivity contribution in [1.82, 2.24) is 5.32 Å². The zero-order valence-electron chi connectivity index (χ0n) is 12.7. The van der Waals surface area contributed by atoms with Gasteiger partial charge in [0, 0.05) is 15.8 Å². The van der Waals surface area contributed by atoms with Gasteiger partial charge in [0.1, 0.15) is 11.6 Å². The smallest absolute Gasteiger partial charge is 0.323 e. The summed E-state index contributed by atoms with van der Waals surface area (Å²) >= 11 is 1.81. The molecule has 0 saturated carbocycles. The standard InChI is InChI=1S/C15H25NO2S/c1-10(9-13-8-7-11(2)19-13)16-12(3)14(17)18-15(4,5)6/h7-8,10,12,16H,9H2,1-6H3. The second kappa shape index (κ2) is 6.53. The molecule has 1 rings (SSSR count). The van der Waals surface area contributed by atoms with Crippen molar-refractivity contribution in [1.29, 1.82) is 0 Å². The monoisotopic (exact) mass is 283 g/mol. The van der Waals surface area contributed by atoms with E-state index in [1.165, 1.54) is 9.75 Å². The van der Waals surface area contributed by atoms with Gasteiger partial charge in [-0.15, -0.1) is 11.3 Å². The van der Waals surface area contributed by atoms with Gasteiger partial charge in [-0.1, -0.05) is 0 Å². The van der Waals surface area contributed by atoms with Crippen molar-refractivity contribution in [3.63, 3.8) is 0 Å². The molecule has 4 heteroatoms. The van der Waals surface area contributed by atoms with Crippen molar-refractivity contribution in [2.75, 3.05) is 0 Å². The maximum atomic E-state index is 11.9. The van der Waals surface area contributed by atoms with Gasteiger partial charge in [0.25, 0.3) is 0 Å². The van der Waals surface area contributed by atoms with Crippen LogP contribution >= 0.6 is 11.3 Å². The Balaban J connectivity index is 2.43. The summed E-state index contributed by atoms with van der Waals surface area (Å²) in [5.41, 5.74) is -0.429. The third-order valence-corrected chi connectivity index (χ3v) is 3.62. The third kappa shape index (κ3) is 6.21. The quantitative estimate of drug-likeness (QED) is 0.843. The highest BCUT2D eigenvalue weighted by molar-refractivity contribution is 7.11. The number of ether oxygens (including phenoxy) is 1. The molecule has 0 aliphatic rings. The number of esters is 1. The lowest BCUT2D eigenvalue weighted by Gasteiger charge is -2.24. The van der Waals surface area contributed by atoms with Gasteiger partial charge < -0.3 is 10.1 Å². The Morgan fingerprint density at radius 3 is 2.47 bits per heavy atom. The van der Waals surface area contributed by atoms with Crippen molar-refractivity contribution >= 4 is 17.3 Å². The van der Waals surface area contributed by atoms with E-state index in [2.05, 4.69) is 31.3 Å². The maximum Gasteiger partial charge on any atom is 0.323 e. The van der Waals surface area contributed by atoms with Crippen molar-refractivity contribution in [2.24, 2.45) is 0 Å². The van der Waals surface area contributed by atoms with Crippen LogP contribution < -0.4 is 5.32 Å². The topological polar surface area (TPSA) is 38.3 Å². The van der Waals surface area contributed by atoms with E-state index in [9.17, 15) is 4.79 Å². The molecule has 0 spiro atoms. The maximum absolute atomic E-state index is 11.9. The third-order valence-electron chi connectivity index (χ3n) is 2.60. The lowest BCUT2D eigenvalue weighted by Crippen LogP contribution is -2.43. The lowest BCUT2D eigenvalue weighted by molar-refractivity contribution is -0.157. The Hall–Kier alpha value is -0.870. The summed E-state index contributed by atoms with van der Waals surface area (Å²) < 4.78 is 5.36. The van der Waals surface area contributed by atoms with Gasteiger partial charge in [-0.2, -0.15) is 0 Å². The summed E-state index contributed by atoms with van der Waals surface area (Å²) in [4.78, 5) is 14.5. The van der Waals surface area contributed by atoms with E-state index in [4.69, 9.17) is 4.74 Å². The minimum absolute atomic E-state index is 0.193. The van der Waals surface area contributed by atoms with E-state index < -0.39 is 5.60 Å². The molecule has 1 aromatic rings. The van der Waals surface area contributed by atoms with Crippen molar-refractivity contribution in [3.05, 3.63) is 21.9 Å². The number of hydrogen-bond acceptors (Lipinski definition) is 4. The van der Waals surface area contributed by atoms with Crippen LogP contribution in [0.3, 0.4) is 0 Å². The molecule has 1 N–H and O–H groups in total. The average Bonchev–Trinajstić information content (AvgIpc) is 2.60. The van der Waals surface area contributed by atoms with Gasteiger partial charge in [-0.25, -0.2) is 0 Å². The Labute approximate surface area is 120 Å². The Kier molecular flexibility index (Phi) is 5.56. The molecule has 0 aliphatic heterocycles. The first kappa shape index (κ1) is 16.2. The number of aryl methyl sites for hydroxylation is 1. The number of carbonyl (C=O) groups excluding carboxylic acids is 1. The summed E-state index contributed by atoms with van der Waals surface area (Å²) in [5.74, 6) is -0.193. The zero-order valence-corrected chi connectivity index (χ0v) is 13.6. The second-order valence-corrected chi connectivity index (χ2v) is 7.41. The fourth-order valence-corrected chi connectivity index (χ4v) is 2.86. The molecular weight excluding hydrogens is 258 g/mol. The van der Waals surface area contributed by atoms with Gasteiger partial charge in [-0.3, -0.25) is 4.79 Å². The van der Waals surface area contributed by atoms with E-state index in [0.29, 0.717) is 0 Å². The summed E-state index contributed by atoms with van der Waals surface area (Å²) in [6.45, 7) is 11.7. The summed E-state index contributed by atoms with van der Waals surface area (Å²) in [5, 5.41) is 3.29. The predicted octanol–water partition coefficient (Wildman–Crippen LogP) is 3.31. The van der Waals surface area contributed by atoms with E-state index >= 15 is 0 Å². The van der Waals surface area contributed by atoms with Gasteiger partial charge in [0.15, 0.2) is 0 Å². The highest BCUT2D eigenvalue weighted by Gasteiger charge is 2.22. The summed E-state index contributed by atoms with van der Waals surface area (Å²) in [6, 6.07) is 4.25. The number of nitrogens with one attached hydrogen (secondary N) is 1. The van der Waals surface area contributed by atoms with Crippen LogP contribution in [0.25, 0.3) is 0 Å². The van der Waals surface area contributed by atoms with Crippen molar-refractivity contribution < 1.29 is 9.53 Å². The number of rotatable bonds is 5. The molecular formula is C15H25NO2S. The number of hydrogen-bond donors (Lipinski definition) is 1. The number of thiophene rings is 1. The van der Waals surface area contributed by atoms with Crippen LogP contribution in [-0.4, -0.2) is 23.7 Å². The molecule has 19 heavy (non-hydrogen) atoms. The Morgan fingerprint density at radius 2 is 2.00 bits per heavy atom. The highest BCUT2D eigenvalue weighted by Crippen LogP contribution is 2.17. The fourth-order valence-electron chi connectivity index (χ4n) is 1.84. The van der Waals surface area contributed by atoms with Crippen LogP contribution in [0.2, 0.25) is 0 Å². The van der Waals surface area contributed by atoms with Crippen LogP contribution in [0, 0.1) is 6.92 Å². The SMILES string of the molecule is Cc1ccc(CC(C)NC(C)C(=O)OC(C)(C)C)s1. The minimum Gasteiger partial charge on any atom is -0.459 e. The summed E-state index contributed by atoms with van der Waals surface area (Å²) in [7, 11) is 0. The molecule has 108 valence electrons. The van der Waals surface area contributed by atoms with E-state index in [0.717, 1.165) is 6.42 Å². The normalized spacial score (nSPS) is 15.1. The average molecular weight is 283 g/mol. The highest BCUT2D eigenvalue weighted by atomic mass is 32.1. The van der Waals surface area contributed by atoms with Crippen molar-refractivity contribution in [2.45, 2.75) is 65.6 Å². The van der Waals surface area contributed by atoms with Crippen LogP contribution in [0.4, 0.5) is 0 Å². The predicted molar refractivity (Wildman–Crippen MR) is 80.7 cm³/mol. The molecule has 3 nitrogen and oxygen atoms in total. The number of carbonyl (C=O) groups is 1. The molecule has 0 aliphatic carbocycles. The van der Waals surface area contributed by atoms with E-state index in [1.54, 1.807) is 11.3 Å². The van der Waals surface area contributed by atoms with E-state index in [1.807, 2.05) is 27.7 Å².